The van der Waals surface area contributed by atoms with Crippen LogP contribution in [0.25, 0.3) is 0 Å². The van der Waals surface area contributed by atoms with Gasteiger partial charge >= 0.3 is 0 Å². The van der Waals surface area contributed by atoms with Gasteiger partial charge in [0, 0.05) is 38.7 Å². The number of ether oxygens (including phenoxy) is 1. The van der Waals surface area contributed by atoms with Crippen molar-refractivity contribution in [2.24, 2.45) is 10.4 Å². The molecule has 2 atom stereocenters. The molecular weight excluding hydrogens is 262 g/mol. The van der Waals surface area contributed by atoms with Crippen LogP contribution in [0.3, 0.4) is 0 Å². The highest BCUT2D eigenvalue weighted by molar-refractivity contribution is 5.80. The molecule has 0 radical (unpaired) electrons. The van der Waals surface area contributed by atoms with Gasteiger partial charge in [-0.1, -0.05) is 12.5 Å². The zero-order valence-corrected chi connectivity index (χ0v) is 13.9. The second kappa shape index (κ2) is 7.30. The minimum absolute atomic E-state index is 0.383. The van der Waals surface area contributed by atoms with Crippen LogP contribution in [-0.4, -0.2) is 50.3 Å². The van der Waals surface area contributed by atoms with Crippen molar-refractivity contribution >= 4 is 5.96 Å². The quantitative estimate of drug-likeness (QED) is 0.339. The molecule has 21 heavy (non-hydrogen) atoms. The predicted molar refractivity (Wildman–Crippen MR) is 88.7 cm³/mol. The molecule has 2 rings (SSSR count). The number of nitrogens with one attached hydrogen (secondary N) is 1. The van der Waals surface area contributed by atoms with E-state index in [9.17, 15) is 0 Å². The van der Waals surface area contributed by atoms with Crippen molar-refractivity contribution in [3.8, 4) is 0 Å². The third-order valence-electron chi connectivity index (χ3n) is 5.22. The molecule has 0 aromatic carbocycles. The molecule has 2 saturated carbocycles. The zero-order valence-electron chi connectivity index (χ0n) is 13.9. The van der Waals surface area contributed by atoms with Crippen LogP contribution < -0.4 is 5.32 Å². The van der Waals surface area contributed by atoms with Crippen molar-refractivity contribution in [1.82, 2.24) is 10.2 Å². The molecule has 0 aliphatic heterocycles. The highest BCUT2D eigenvalue weighted by atomic mass is 16.5. The van der Waals surface area contributed by atoms with Crippen LogP contribution >= 0.6 is 0 Å². The van der Waals surface area contributed by atoms with Crippen molar-refractivity contribution in [1.29, 1.82) is 0 Å². The summed E-state index contributed by atoms with van der Waals surface area (Å²) < 4.78 is 5.92. The molecule has 0 aromatic rings. The normalized spacial score (nSPS) is 26.9. The van der Waals surface area contributed by atoms with E-state index >= 15 is 0 Å². The fourth-order valence-electron chi connectivity index (χ4n) is 3.72. The van der Waals surface area contributed by atoms with E-state index in [4.69, 9.17) is 4.74 Å². The Balaban J connectivity index is 1.86. The van der Waals surface area contributed by atoms with Gasteiger partial charge in [0.25, 0.3) is 0 Å². The van der Waals surface area contributed by atoms with Gasteiger partial charge in [0.2, 0.25) is 0 Å². The van der Waals surface area contributed by atoms with Crippen molar-refractivity contribution < 1.29 is 4.74 Å². The van der Waals surface area contributed by atoms with Crippen molar-refractivity contribution in [3.63, 3.8) is 0 Å². The van der Waals surface area contributed by atoms with Gasteiger partial charge in [0.05, 0.1) is 6.10 Å². The van der Waals surface area contributed by atoms with Gasteiger partial charge in [-0.05, 0) is 39.0 Å². The number of rotatable bonds is 7. The first-order valence-electron chi connectivity index (χ1n) is 8.35. The smallest absolute Gasteiger partial charge is 0.193 e. The van der Waals surface area contributed by atoms with Crippen molar-refractivity contribution in [2.75, 3.05) is 27.2 Å². The summed E-state index contributed by atoms with van der Waals surface area (Å²) in [5.74, 6) is 1.02. The number of hydrogen-bond donors (Lipinski definition) is 1. The molecule has 0 saturated heterocycles. The first-order chi connectivity index (χ1) is 10.2. The topological polar surface area (TPSA) is 36.9 Å². The molecule has 4 heteroatoms. The lowest BCUT2D eigenvalue weighted by molar-refractivity contribution is -0.168. The molecule has 120 valence electrons. The van der Waals surface area contributed by atoms with Crippen LogP contribution in [0.5, 0.6) is 0 Å². The Labute approximate surface area is 129 Å². The Bertz CT molecular complexity index is 376. The van der Waals surface area contributed by atoms with Crippen LogP contribution in [0.2, 0.25) is 0 Å². The molecule has 0 heterocycles. The molecule has 2 unspecified atom stereocenters. The van der Waals surface area contributed by atoms with Crippen molar-refractivity contribution in [3.05, 3.63) is 12.7 Å². The van der Waals surface area contributed by atoms with Crippen molar-refractivity contribution in [2.45, 2.75) is 57.6 Å². The van der Waals surface area contributed by atoms with Gasteiger partial charge in [0.1, 0.15) is 0 Å². The first kappa shape index (κ1) is 16.3. The monoisotopic (exact) mass is 293 g/mol. The van der Waals surface area contributed by atoms with Gasteiger partial charge < -0.3 is 15.0 Å². The lowest BCUT2D eigenvalue weighted by Crippen LogP contribution is -2.68. The molecule has 0 amide bonds. The van der Waals surface area contributed by atoms with Gasteiger partial charge in [-0.2, -0.15) is 0 Å². The predicted octanol–water partition coefficient (Wildman–Crippen LogP) is 2.81. The SMILES string of the molecule is C=CCCCN(C)C(=NC)NC1CC(OCC)C12CCC2. The molecule has 4 nitrogen and oxygen atoms in total. The minimum atomic E-state index is 0.383. The summed E-state index contributed by atoms with van der Waals surface area (Å²) in [6.45, 7) is 7.72. The van der Waals surface area contributed by atoms with Crippen LogP contribution in [0.4, 0.5) is 0 Å². The van der Waals surface area contributed by atoms with E-state index in [-0.39, 0.29) is 0 Å². The molecule has 2 aliphatic carbocycles. The van der Waals surface area contributed by atoms with Crippen LogP contribution in [0.1, 0.15) is 45.4 Å². The van der Waals surface area contributed by atoms with E-state index in [1.54, 1.807) is 0 Å². The van der Waals surface area contributed by atoms with E-state index in [1.807, 2.05) is 13.1 Å². The zero-order chi connectivity index (χ0) is 15.3. The number of aliphatic imine (C=N–C) groups is 1. The van der Waals surface area contributed by atoms with E-state index in [0.29, 0.717) is 17.6 Å². The Morgan fingerprint density at radius 1 is 1.52 bits per heavy atom. The molecule has 2 fully saturated rings. The molecule has 2 aliphatic rings. The fourth-order valence-corrected chi connectivity index (χ4v) is 3.72. The highest BCUT2D eigenvalue weighted by Gasteiger charge is 2.59. The number of nitrogens with zero attached hydrogens (tertiary/aromatic N) is 2. The lowest BCUT2D eigenvalue weighted by Gasteiger charge is -2.61. The Kier molecular flexibility index (Phi) is 5.68. The fraction of sp³-hybridized carbons (Fsp3) is 0.824. The molecule has 0 aromatic heterocycles. The van der Waals surface area contributed by atoms with Gasteiger partial charge in [0.15, 0.2) is 5.96 Å². The average molecular weight is 293 g/mol. The van der Waals surface area contributed by atoms with E-state index in [0.717, 1.165) is 38.4 Å². The average Bonchev–Trinajstić information content (AvgIpc) is 2.40. The van der Waals surface area contributed by atoms with Crippen LogP contribution in [0.15, 0.2) is 17.6 Å². The molecule has 1 spiro atoms. The summed E-state index contributed by atoms with van der Waals surface area (Å²) in [7, 11) is 3.99. The lowest BCUT2D eigenvalue weighted by atomic mass is 9.51. The second-order valence-corrected chi connectivity index (χ2v) is 6.36. The van der Waals surface area contributed by atoms with E-state index in [2.05, 4.69) is 35.8 Å². The summed E-state index contributed by atoms with van der Waals surface area (Å²) in [5, 5.41) is 3.68. The summed E-state index contributed by atoms with van der Waals surface area (Å²) in [4.78, 5) is 6.67. The van der Waals surface area contributed by atoms with Gasteiger partial charge in [-0.15, -0.1) is 6.58 Å². The maximum Gasteiger partial charge on any atom is 0.193 e. The third-order valence-corrected chi connectivity index (χ3v) is 5.22. The first-order valence-corrected chi connectivity index (χ1v) is 8.35. The second-order valence-electron chi connectivity index (χ2n) is 6.36. The summed E-state index contributed by atoms with van der Waals surface area (Å²) >= 11 is 0. The number of guanidine groups is 1. The summed E-state index contributed by atoms with van der Waals surface area (Å²) in [6, 6.07) is 0.531. The van der Waals surface area contributed by atoms with Gasteiger partial charge in [-0.3, -0.25) is 4.99 Å². The summed E-state index contributed by atoms with van der Waals surface area (Å²) in [6.07, 6.45) is 9.67. The van der Waals surface area contributed by atoms with Crippen LogP contribution in [0, 0.1) is 5.41 Å². The standard InChI is InChI=1S/C17H31N3O/c1-5-7-8-12-20(4)16(18-3)19-14-13-15(21-6-2)17(14)10-9-11-17/h5,14-15H,1,6-13H2,2-4H3,(H,18,19). The number of hydrogen-bond acceptors (Lipinski definition) is 2. The van der Waals surface area contributed by atoms with E-state index < -0.39 is 0 Å². The molecule has 0 bridgehead atoms. The summed E-state index contributed by atoms with van der Waals surface area (Å²) in [5.41, 5.74) is 0.383. The third kappa shape index (κ3) is 3.25. The Morgan fingerprint density at radius 3 is 2.81 bits per heavy atom. The number of allylic oxidation sites excluding steroid dienone is 1. The number of unbranched alkanes of at least 4 members (excludes halogenated alkanes) is 1. The molecular formula is C17H31N3O. The van der Waals surface area contributed by atoms with E-state index in [1.165, 1.54) is 19.3 Å². The molecule has 1 N–H and O–H groups in total. The largest absolute Gasteiger partial charge is 0.378 e. The maximum absolute atomic E-state index is 5.92. The Hall–Kier alpha value is -1.03. The Morgan fingerprint density at radius 2 is 2.29 bits per heavy atom. The van der Waals surface area contributed by atoms with Crippen LogP contribution in [-0.2, 0) is 4.74 Å². The maximum atomic E-state index is 5.92. The minimum Gasteiger partial charge on any atom is -0.378 e. The van der Waals surface area contributed by atoms with Gasteiger partial charge in [-0.25, -0.2) is 0 Å². The highest BCUT2D eigenvalue weighted by Crippen LogP contribution is 2.57.